The Morgan fingerprint density at radius 1 is 1.23 bits per heavy atom. The highest BCUT2D eigenvalue weighted by atomic mass is 35.5. The minimum Gasteiger partial charge on any atom is -0.463 e. The van der Waals surface area contributed by atoms with Gasteiger partial charge in [0.25, 0.3) is 0 Å². The summed E-state index contributed by atoms with van der Waals surface area (Å²) in [7, 11) is 0. The van der Waals surface area contributed by atoms with Crippen LogP contribution in [-0.2, 0) is 5.60 Å². The van der Waals surface area contributed by atoms with E-state index in [4.69, 9.17) is 16.0 Å². The molecule has 142 valence electrons. The highest BCUT2D eigenvalue weighted by Gasteiger charge is 2.56. The second-order valence-corrected chi connectivity index (χ2v) is 6.27. The van der Waals surface area contributed by atoms with E-state index in [2.05, 4.69) is 10.6 Å². The maximum Gasteiger partial charge on any atom is 0.424 e. The Bertz CT molecular complexity index is 792. The van der Waals surface area contributed by atoms with E-state index in [0.29, 0.717) is 10.7 Å². The summed E-state index contributed by atoms with van der Waals surface area (Å²) in [4.78, 5) is 11.8. The van der Waals surface area contributed by atoms with Crippen molar-refractivity contribution in [3.63, 3.8) is 0 Å². The third-order valence-electron chi connectivity index (χ3n) is 3.82. The average molecular weight is 391 g/mol. The lowest BCUT2D eigenvalue weighted by Gasteiger charge is -2.28. The molecule has 9 heteroatoms. The number of amides is 2. The molecule has 0 aliphatic heterocycles. The molecule has 0 bridgehead atoms. The van der Waals surface area contributed by atoms with Gasteiger partial charge in [0, 0.05) is 23.7 Å². The average Bonchev–Trinajstić information content (AvgIpc) is 2.96. The van der Waals surface area contributed by atoms with Crippen LogP contribution >= 0.6 is 11.6 Å². The fourth-order valence-corrected chi connectivity index (χ4v) is 2.44. The first-order valence-corrected chi connectivity index (χ1v) is 8.08. The molecule has 1 aromatic carbocycles. The zero-order chi connectivity index (χ0) is 19.5. The van der Waals surface area contributed by atoms with E-state index < -0.39 is 36.5 Å². The molecule has 0 radical (unpaired) electrons. The molecular formula is C17H18ClF3N2O3. The first-order chi connectivity index (χ1) is 12.0. The SMILES string of the molecule is Cc1ccc(C(O)(CCNC(=O)Nc2ccc(C)c(Cl)c2)C(F)(F)F)o1. The quantitative estimate of drug-likeness (QED) is 0.703. The largest absolute Gasteiger partial charge is 0.463 e. The number of halogens is 4. The topological polar surface area (TPSA) is 74.5 Å². The number of anilines is 1. The van der Waals surface area contributed by atoms with Gasteiger partial charge in [-0.15, -0.1) is 0 Å². The molecule has 0 saturated carbocycles. The lowest BCUT2D eigenvalue weighted by Crippen LogP contribution is -2.45. The monoisotopic (exact) mass is 390 g/mol. The zero-order valence-electron chi connectivity index (χ0n) is 14.1. The van der Waals surface area contributed by atoms with E-state index >= 15 is 0 Å². The van der Waals surface area contributed by atoms with Crippen LogP contribution in [0.4, 0.5) is 23.7 Å². The molecule has 0 saturated heterocycles. The molecule has 0 spiro atoms. The van der Waals surface area contributed by atoms with Gasteiger partial charge in [0.2, 0.25) is 5.60 Å². The van der Waals surface area contributed by atoms with Crippen molar-refractivity contribution >= 4 is 23.3 Å². The maximum atomic E-state index is 13.3. The normalized spacial score (nSPS) is 14.0. The summed E-state index contributed by atoms with van der Waals surface area (Å²) < 4.78 is 44.8. The summed E-state index contributed by atoms with van der Waals surface area (Å²) in [6.07, 6.45) is -5.76. The van der Waals surface area contributed by atoms with Crippen LogP contribution in [0.3, 0.4) is 0 Å². The van der Waals surface area contributed by atoms with Gasteiger partial charge in [-0.25, -0.2) is 4.79 Å². The van der Waals surface area contributed by atoms with Crippen molar-refractivity contribution in [3.05, 3.63) is 52.4 Å². The van der Waals surface area contributed by atoms with Crippen LogP contribution in [0.5, 0.6) is 0 Å². The number of benzene rings is 1. The Hall–Kier alpha value is -2.19. The van der Waals surface area contributed by atoms with Crippen LogP contribution in [0.15, 0.2) is 34.7 Å². The van der Waals surface area contributed by atoms with E-state index in [1.807, 2.05) is 0 Å². The van der Waals surface area contributed by atoms with Crippen molar-refractivity contribution in [1.29, 1.82) is 0 Å². The highest BCUT2D eigenvalue weighted by molar-refractivity contribution is 6.31. The molecule has 3 N–H and O–H groups in total. The fraction of sp³-hybridized carbons (Fsp3) is 0.353. The van der Waals surface area contributed by atoms with E-state index in [-0.39, 0.29) is 5.76 Å². The molecule has 1 heterocycles. The molecule has 1 aromatic heterocycles. The van der Waals surface area contributed by atoms with Crippen molar-refractivity contribution in [2.75, 3.05) is 11.9 Å². The number of urea groups is 1. The number of carbonyl (C=O) groups is 1. The van der Waals surface area contributed by atoms with Gasteiger partial charge < -0.3 is 20.2 Å². The van der Waals surface area contributed by atoms with Gasteiger partial charge in [-0.3, -0.25) is 0 Å². The Labute approximate surface area is 153 Å². The minimum atomic E-state index is -4.96. The summed E-state index contributed by atoms with van der Waals surface area (Å²) >= 11 is 5.94. The van der Waals surface area contributed by atoms with Gasteiger partial charge in [-0.2, -0.15) is 13.2 Å². The second-order valence-electron chi connectivity index (χ2n) is 5.86. The molecule has 2 aromatic rings. The van der Waals surface area contributed by atoms with Gasteiger partial charge in [0.1, 0.15) is 11.5 Å². The summed E-state index contributed by atoms with van der Waals surface area (Å²) in [6, 6.07) is 6.50. The molecule has 26 heavy (non-hydrogen) atoms. The molecule has 2 rings (SSSR count). The van der Waals surface area contributed by atoms with Crippen LogP contribution in [0, 0.1) is 13.8 Å². The molecule has 5 nitrogen and oxygen atoms in total. The molecule has 1 atom stereocenters. The molecule has 0 aliphatic rings. The predicted molar refractivity (Wildman–Crippen MR) is 91.2 cm³/mol. The van der Waals surface area contributed by atoms with Crippen molar-refractivity contribution < 1.29 is 27.5 Å². The second kappa shape index (κ2) is 7.59. The molecule has 0 aliphatic carbocycles. The predicted octanol–water partition coefficient (Wildman–Crippen LogP) is 4.51. The van der Waals surface area contributed by atoms with E-state index in [9.17, 15) is 23.1 Å². The van der Waals surface area contributed by atoms with Gasteiger partial charge in [-0.05, 0) is 43.7 Å². The summed E-state index contributed by atoms with van der Waals surface area (Å²) in [6.45, 7) is 2.83. The van der Waals surface area contributed by atoms with Crippen molar-refractivity contribution in [2.24, 2.45) is 0 Å². The van der Waals surface area contributed by atoms with Crippen molar-refractivity contribution in [1.82, 2.24) is 5.32 Å². The van der Waals surface area contributed by atoms with Gasteiger partial charge in [-0.1, -0.05) is 17.7 Å². The standard InChI is InChI=1S/C17H18ClF3N2O3/c1-10-3-5-12(9-13(10)18)23-15(24)22-8-7-16(25,17(19,20)21)14-6-4-11(2)26-14/h3-6,9,25H,7-8H2,1-2H3,(H2,22,23,24). The Morgan fingerprint density at radius 3 is 2.46 bits per heavy atom. The molecule has 2 amide bonds. The number of aliphatic hydroxyl groups is 1. The maximum absolute atomic E-state index is 13.3. The van der Waals surface area contributed by atoms with E-state index in [0.717, 1.165) is 11.6 Å². The van der Waals surface area contributed by atoms with Gasteiger partial charge >= 0.3 is 12.2 Å². The highest BCUT2D eigenvalue weighted by Crippen LogP contribution is 2.42. The zero-order valence-corrected chi connectivity index (χ0v) is 14.8. The first kappa shape index (κ1) is 20.1. The van der Waals surface area contributed by atoms with Crippen molar-refractivity contribution in [2.45, 2.75) is 32.0 Å². The fourth-order valence-electron chi connectivity index (χ4n) is 2.26. The van der Waals surface area contributed by atoms with E-state index in [1.165, 1.54) is 19.1 Å². The number of furan rings is 1. The molecule has 0 fully saturated rings. The lowest BCUT2D eigenvalue weighted by atomic mass is 9.96. The Balaban J connectivity index is 1.99. The number of aryl methyl sites for hydroxylation is 2. The van der Waals surface area contributed by atoms with Gasteiger partial charge in [0.15, 0.2) is 0 Å². The lowest BCUT2D eigenvalue weighted by molar-refractivity contribution is -0.274. The van der Waals surface area contributed by atoms with Crippen LogP contribution in [0.1, 0.15) is 23.5 Å². The van der Waals surface area contributed by atoms with E-state index in [1.54, 1.807) is 19.1 Å². The Kier molecular flexibility index (Phi) is 5.87. The summed E-state index contributed by atoms with van der Waals surface area (Å²) in [5, 5.41) is 15.3. The number of nitrogens with one attached hydrogen (secondary N) is 2. The van der Waals surface area contributed by atoms with Gasteiger partial charge in [0.05, 0.1) is 0 Å². The molecule has 1 unspecified atom stereocenters. The smallest absolute Gasteiger partial charge is 0.424 e. The third kappa shape index (κ3) is 4.50. The minimum absolute atomic E-state index is 0.240. The van der Waals surface area contributed by atoms with Crippen LogP contribution in [0.25, 0.3) is 0 Å². The third-order valence-corrected chi connectivity index (χ3v) is 4.23. The number of hydrogen-bond acceptors (Lipinski definition) is 3. The summed E-state index contributed by atoms with van der Waals surface area (Å²) in [5.74, 6) is -0.375. The number of alkyl halides is 3. The Morgan fingerprint density at radius 2 is 1.92 bits per heavy atom. The molecular weight excluding hydrogens is 373 g/mol. The van der Waals surface area contributed by atoms with Crippen LogP contribution < -0.4 is 10.6 Å². The first-order valence-electron chi connectivity index (χ1n) is 7.70. The summed E-state index contributed by atoms with van der Waals surface area (Å²) in [5.41, 5.74) is -1.98. The van der Waals surface area contributed by atoms with Crippen molar-refractivity contribution in [3.8, 4) is 0 Å². The number of rotatable bonds is 5. The number of hydrogen-bond donors (Lipinski definition) is 3. The number of carbonyl (C=O) groups excluding carboxylic acids is 1. The van der Waals surface area contributed by atoms with Crippen LogP contribution in [-0.4, -0.2) is 23.9 Å². The van der Waals surface area contributed by atoms with Crippen LogP contribution in [0.2, 0.25) is 5.02 Å².